The number of aliphatic hydroxyl groups excluding tert-OH is 1. The van der Waals surface area contributed by atoms with Gasteiger partial charge < -0.3 is 36.5 Å². The van der Waals surface area contributed by atoms with Gasteiger partial charge in [-0.1, -0.05) is 30.3 Å². The summed E-state index contributed by atoms with van der Waals surface area (Å²) in [4.78, 5) is 58.4. The first-order valence-electron chi connectivity index (χ1n) is 11.3. The molecule has 35 heavy (non-hydrogen) atoms. The van der Waals surface area contributed by atoms with E-state index in [9.17, 15) is 24.3 Å². The maximum atomic E-state index is 13.5. The first-order chi connectivity index (χ1) is 16.8. The molecule has 1 aromatic heterocycles. The highest BCUT2D eigenvalue weighted by atomic mass is 16.4. The standard InChI is InChI=1S/C23H30N6O6/c24-16(9-14-5-2-1-3-6-14)20(31)27-17(10-15-11-25-13-26-15)22(33)29-8-4-7-19(29)21(32)28-18(12-30)23(34)35/h1-3,5-6,11,13,16-19,30H,4,7-10,12,24H2,(H,25,26)(H,27,31)(H,28,32)(H,34,35)/t16-,17-,18-,19-/m0/s1. The minimum atomic E-state index is -1.48. The molecule has 1 aromatic carbocycles. The Labute approximate surface area is 201 Å². The molecule has 0 saturated carbocycles. The van der Waals surface area contributed by atoms with Crippen molar-refractivity contribution < 1.29 is 29.4 Å². The smallest absolute Gasteiger partial charge is 0.328 e. The molecule has 7 N–H and O–H groups in total. The number of benzene rings is 1. The monoisotopic (exact) mass is 486 g/mol. The van der Waals surface area contributed by atoms with Crippen LogP contribution in [0.5, 0.6) is 0 Å². The number of nitrogens with zero attached hydrogens (tertiary/aromatic N) is 2. The molecule has 0 bridgehead atoms. The number of H-pyrrole nitrogens is 1. The number of carbonyl (C=O) groups is 4. The first-order valence-corrected chi connectivity index (χ1v) is 11.3. The van der Waals surface area contributed by atoms with Gasteiger partial charge in [0.05, 0.1) is 19.0 Å². The number of likely N-dealkylation sites (tertiary alicyclic amines) is 1. The van der Waals surface area contributed by atoms with E-state index in [0.29, 0.717) is 18.5 Å². The van der Waals surface area contributed by atoms with Crippen LogP contribution < -0.4 is 16.4 Å². The lowest BCUT2D eigenvalue weighted by molar-refractivity contribution is -0.145. The van der Waals surface area contributed by atoms with E-state index < -0.39 is 54.5 Å². The number of carbonyl (C=O) groups excluding carboxylic acids is 3. The fraction of sp³-hybridized carbons (Fsp3) is 0.435. The number of carboxylic acids is 1. The number of aliphatic hydroxyl groups is 1. The van der Waals surface area contributed by atoms with Crippen molar-refractivity contribution in [2.45, 2.75) is 49.9 Å². The maximum Gasteiger partial charge on any atom is 0.328 e. The number of hydrogen-bond acceptors (Lipinski definition) is 7. The van der Waals surface area contributed by atoms with Crippen molar-refractivity contribution in [3.05, 3.63) is 54.1 Å². The molecule has 3 rings (SSSR count). The molecular weight excluding hydrogens is 456 g/mol. The number of carboxylic acid groups (broad SMARTS) is 1. The predicted molar refractivity (Wildman–Crippen MR) is 124 cm³/mol. The second-order valence-corrected chi connectivity index (χ2v) is 8.41. The fourth-order valence-corrected chi connectivity index (χ4v) is 4.01. The van der Waals surface area contributed by atoms with E-state index >= 15 is 0 Å². The molecular formula is C23H30N6O6. The molecule has 1 aliphatic rings. The third-order valence-corrected chi connectivity index (χ3v) is 5.86. The lowest BCUT2D eigenvalue weighted by atomic mass is 10.0. The van der Waals surface area contributed by atoms with Crippen LogP contribution in [0, 0.1) is 0 Å². The van der Waals surface area contributed by atoms with Crippen LogP contribution in [0.1, 0.15) is 24.1 Å². The number of aliphatic carboxylic acids is 1. The van der Waals surface area contributed by atoms with Gasteiger partial charge in [-0.25, -0.2) is 9.78 Å². The third-order valence-electron chi connectivity index (χ3n) is 5.86. The minimum Gasteiger partial charge on any atom is -0.480 e. The van der Waals surface area contributed by atoms with E-state index in [-0.39, 0.29) is 19.4 Å². The largest absolute Gasteiger partial charge is 0.480 e. The zero-order valence-corrected chi connectivity index (χ0v) is 19.1. The van der Waals surface area contributed by atoms with Gasteiger partial charge in [0.2, 0.25) is 17.7 Å². The highest BCUT2D eigenvalue weighted by Crippen LogP contribution is 2.20. The number of nitrogens with two attached hydrogens (primary N) is 1. The third kappa shape index (κ3) is 6.87. The van der Waals surface area contributed by atoms with E-state index in [1.54, 1.807) is 0 Å². The number of imidazole rings is 1. The van der Waals surface area contributed by atoms with E-state index in [2.05, 4.69) is 20.6 Å². The Kier molecular flexibility index (Phi) is 8.92. The van der Waals surface area contributed by atoms with Gasteiger partial charge in [0.1, 0.15) is 18.1 Å². The van der Waals surface area contributed by atoms with E-state index in [4.69, 9.17) is 10.8 Å². The summed E-state index contributed by atoms with van der Waals surface area (Å²) in [6, 6.07) is 4.93. The average Bonchev–Trinajstić information content (AvgIpc) is 3.54. The number of nitrogens with one attached hydrogen (secondary N) is 3. The summed E-state index contributed by atoms with van der Waals surface area (Å²) in [6.07, 6.45) is 4.22. The normalized spacial score (nSPS) is 17.9. The number of aromatic nitrogens is 2. The van der Waals surface area contributed by atoms with Gasteiger partial charge in [-0.2, -0.15) is 0 Å². The molecule has 1 saturated heterocycles. The Morgan fingerprint density at radius 3 is 2.51 bits per heavy atom. The van der Waals surface area contributed by atoms with E-state index in [1.165, 1.54) is 17.4 Å². The number of aromatic amines is 1. The molecule has 12 heteroatoms. The molecule has 1 fully saturated rings. The van der Waals surface area contributed by atoms with Crippen molar-refractivity contribution >= 4 is 23.7 Å². The zero-order valence-electron chi connectivity index (χ0n) is 19.1. The maximum absolute atomic E-state index is 13.5. The second kappa shape index (κ2) is 12.1. The van der Waals surface area contributed by atoms with E-state index in [0.717, 1.165) is 5.56 Å². The Bertz CT molecular complexity index is 1010. The molecule has 188 valence electrons. The molecule has 0 radical (unpaired) electrons. The van der Waals surface area contributed by atoms with Gasteiger partial charge in [0.25, 0.3) is 0 Å². The van der Waals surface area contributed by atoms with Gasteiger partial charge in [-0.3, -0.25) is 14.4 Å². The number of amides is 3. The Morgan fingerprint density at radius 1 is 1.14 bits per heavy atom. The van der Waals surface area contributed by atoms with E-state index in [1.807, 2.05) is 30.3 Å². The Balaban J connectivity index is 1.73. The van der Waals surface area contributed by atoms with Crippen LogP contribution in [0.4, 0.5) is 0 Å². The van der Waals surface area contributed by atoms with Crippen LogP contribution in [0.2, 0.25) is 0 Å². The second-order valence-electron chi connectivity index (χ2n) is 8.41. The SMILES string of the molecule is N[C@@H](Cc1ccccc1)C(=O)N[C@@H](Cc1cnc[nH]1)C(=O)N1CCC[C@H]1C(=O)N[C@@H](CO)C(=O)O. The summed E-state index contributed by atoms with van der Waals surface area (Å²) < 4.78 is 0. The van der Waals surface area contributed by atoms with Crippen LogP contribution in [-0.2, 0) is 32.0 Å². The van der Waals surface area contributed by atoms with Gasteiger partial charge >= 0.3 is 5.97 Å². The fourth-order valence-electron chi connectivity index (χ4n) is 4.01. The summed E-state index contributed by atoms with van der Waals surface area (Å²) in [5.74, 6) is -3.07. The molecule has 2 heterocycles. The Hall–Kier alpha value is -3.77. The summed E-state index contributed by atoms with van der Waals surface area (Å²) >= 11 is 0. The van der Waals surface area contributed by atoms with Gasteiger partial charge in [0, 0.05) is 24.9 Å². The van der Waals surface area contributed by atoms with Crippen molar-refractivity contribution in [3.8, 4) is 0 Å². The molecule has 12 nitrogen and oxygen atoms in total. The lowest BCUT2D eigenvalue weighted by Gasteiger charge is -2.29. The lowest BCUT2D eigenvalue weighted by Crippen LogP contribution is -2.57. The Morgan fingerprint density at radius 2 is 1.89 bits per heavy atom. The summed E-state index contributed by atoms with van der Waals surface area (Å²) in [5.41, 5.74) is 7.58. The molecule has 0 aliphatic carbocycles. The summed E-state index contributed by atoms with van der Waals surface area (Å²) in [7, 11) is 0. The summed E-state index contributed by atoms with van der Waals surface area (Å²) in [6.45, 7) is -0.515. The highest BCUT2D eigenvalue weighted by molar-refractivity contribution is 5.94. The average molecular weight is 487 g/mol. The predicted octanol–water partition coefficient (Wildman–Crippen LogP) is -1.44. The van der Waals surface area contributed by atoms with Crippen LogP contribution in [-0.4, -0.2) is 86.1 Å². The molecule has 1 aliphatic heterocycles. The van der Waals surface area contributed by atoms with Gasteiger partial charge in [0.15, 0.2) is 0 Å². The van der Waals surface area contributed by atoms with Crippen LogP contribution in [0.25, 0.3) is 0 Å². The summed E-state index contributed by atoms with van der Waals surface area (Å²) in [5, 5.41) is 23.3. The van der Waals surface area contributed by atoms with Crippen molar-refractivity contribution in [3.63, 3.8) is 0 Å². The van der Waals surface area contributed by atoms with Gasteiger partial charge in [-0.05, 0) is 24.8 Å². The van der Waals surface area contributed by atoms with Gasteiger partial charge in [-0.15, -0.1) is 0 Å². The highest BCUT2D eigenvalue weighted by Gasteiger charge is 2.39. The first kappa shape index (κ1) is 25.8. The molecule has 2 aromatic rings. The molecule has 4 atom stereocenters. The number of hydrogen-bond donors (Lipinski definition) is 6. The van der Waals surface area contributed by atoms with Crippen molar-refractivity contribution in [2.24, 2.45) is 5.73 Å². The van der Waals surface area contributed by atoms with Crippen molar-refractivity contribution in [2.75, 3.05) is 13.2 Å². The van der Waals surface area contributed by atoms with Crippen LogP contribution in [0.15, 0.2) is 42.9 Å². The molecule has 0 unspecified atom stereocenters. The minimum absolute atomic E-state index is 0.0991. The molecule has 3 amide bonds. The molecule has 0 spiro atoms. The topological polar surface area (TPSA) is 191 Å². The van der Waals surface area contributed by atoms with Crippen molar-refractivity contribution in [1.82, 2.24) is 25.5 Å². The van der Waals surface area contributed by atoms with Crippen LogP contribution >= 0.6 is 0 Å². The zero-order chi connectivity index (χ0) is 25.4. The quantitative estimate of drug-likeness (QED) is 0.222. The van der Waals surface area contributed by atoms with Crippen molar-refractivity contribution in [1.29, 1.82) is 0 Å². The number of rotatable bonds is 11. The van der Waals surface area contributed by atoms with Crippen LogP contribution in [0.3, 0.4) is 0 Å².